The van der Waals surface area contributed by atoms with Crippen LogP contribution < -0.4 is 5.32 Å². The van der Waals surface area contributed by atoms with Gasteiger partial charge in [0.1, 0.15) is 5.82 Å². The number of benzene rings is 1. The van der Waals surface area contributed by atoms with E-state index in [0.29, 0.717) is 29.6 Å². The standard InChI is InChI=1S/C18H24N4OS/c1-11(2)12-4-6-13(7-5-12)14-10-15(14)17(23)19-9-8-16-20-21-18(24)22(16)3/h4-7,11,14-15H,8-10H2,1-3H3,(H,19,23)(H,21,24). The van der Waals surface area contributed by atoms with E-state index < -0.39 is 0 Å². The van der Waals surface area contributed by atoms with Gasteiger partial charge in [-0.25, -0.2) is 0 Å². The summed E-state index contributed by atoms with van der Waals surface area (Å²) in [5, 5.41) is 9.92. The lowest BCUT2D eigenvalue weighted by Gasteiger charge is -2.07. The van der Waals surface area contributed by atoms with E-state index in [9.17, 15) is 4.79 Å². The first-order chi connectivity index (χ1) is 11.5. The summed E-state index contributed by atoms with van der Waals surface area (Å²) in [5.41, 5.74) is 2.61. The molecule has 1 aromatic heterocycles. The fraction of sp³-hybridized carbons (Fsp3) is 0.500. The van der Waals surface area contributed by atoms with Crippen molar-refractivity contribution in [3.63, 3.8) is 0 Å². The second-order valence-electron chi connectivity index (χ2n) is 6.82. The molecule has 2 atom stereocenters. The number of hydrogen-bond acceptors (Lipinski definition) is 3. The summed E-state index contributed by atoms with van der Waals surface area (Å²) in [5.74, 6) is 2.02. The van der Waals surface area contributed by atoms with Crippen molar-refractivity contribution in [1.82, 2.24) is 20.1 Å². The van der Waals surface area contributed by atoms with Crippen LogP contribution in [-0.4, -0.2) is 27.2 Å². The van der Waals surface area contributed by atoms with Crippen LogP contribution in [0.15, 0.2) is 24.3 Å². The molecule has 128 valence electrons. The quantitative estimate of drug-likeness (QED) is 0.792. The molecule has 2 unspecified atom stereocenters. The third-order valence-electron chi connectivity index (χ3n) is 4.78. The summed E-state index contributed by atoms with van der Waals surface area (Å²) in [6.45, 7) is 4.97. The number of aromatic amines is 1. The van der Waals surface area contributed by atoms with Gasteiger partial charge in [-0.15, -0.1) is 0 Å². The highest BCUT2D eigenvalue weighted by atomic mass is 32.1. The molecule has 1 amide bonds. The van der Waals surface area contributed by atoms with Crippen molar-refractivity contribution in [2.45, 2.75) is 38.5 Å². The van der Waals surface area contributed by atoms with E-state index in [1.165, 1.54) is 11.1 Å². The maximum Gasteiger partial charge on any atom is 0.223 e. The summed E-state index contributed by atoms with van der Waals surface area (Å²) in [6, 6.07) is 8.69. The summed E-state index contributed by atoms with van der Waals surface area (Å²) in [4.78, 5) is 12.3. The highest BCUT2D eigenvalue weighted by Crippen LogP contribution is 2.47. The van der Waals surface area contributed by atoms with E-state index in [0.717, 1.165) is 12.2 Å². The number of amides is 1. The molecule has 1 fully saturated rings. The van der Waals surface area contributed by atoms with Crippen molar-refractivity contribution in [3.05, 3.63) is 46.0 Å². The second kappa shape index (κ2) is 6.89. The maximum absolute atomic E-state index is 12.3. The molecule has 0 saturated heterocycles. The van der Waals surface area contributed by atoms with Gasteiger partial charge in [0.15, 0.2) is 4.77 Å². The predicted octanol–water partition coefficient (Wildman–Crippen LogP) is 3.06. The van der Waals surface area contributed by atoms with Gasteiger partial charge >= 0.3 is 0 Å². The maximum atomic E-state index is 12.3. The monoisotopic (exact) mass is 344 g/mol. The molecule has 0 bridgehead atoms. The number of carbonyl (C=O) groups excluding carboxylic acids is 1. The van der Waals surface area contributed by atoms with Gasteiger partial charge in [0.25, 0.3) is 0 Å². The fourth-order valence-electron chi connectivity index (χ4n) is 3.01. The Morgan fingerprint density at radius 1 is 1.42 bits per heavy atom. The van der Waals surface area contributed by atoms with E-state index >= 15 is 0 Å². The van der Waals surface area contributed by atoms with Gasteiger partial charge < -0.3 is 9.88 Å². The van der Waals surface area contributed by atoms with Crippen molar-refractivity contribution < 1.29 is 4.79 Å². The minimum atomic E-state index is 0.109. The largest absolute Gasteiger partial charge is 0.355 e. The number of H-pyrrole nitrogens is 1. The van der Waals surface area contributed by atoms with Crippen molar-refractivity contribution in [2.75, 3.05) is 6.54 Å². The molecule has 6 heteroatoms. The molecule has 3 rings (SSSR count). The van der Waals surface area contributed by atoms with Crippen LogP contribution in [0.5, 0.6) is 0 Å². The number of nitrogens with zero attached hydrogens (tertiary/aromatic N) is 2. The molecule has 1 aliphatic rings. The van der Waals surface area contributed by atoms with E-state index in [2.05, 4.69) is 53.6 Å². The molecule has 1 aromatic carbocycles. The van der Waals surface area contributed by atoms with Gasteiger partial charge in [-0.1, -0.05) is 38.1 Å². The number of carbonyl (C=O) groups is 1. The number of aromatic nitrogens is 3. The average molecular weight is 344 g/mol. The lowest BCUT2D eigenvalue weighted by atomic mass is 10.00. The number of hydrogen-bond donors (Lipinski definition) is 2. The molecule has 1 saturated carbocycles. The summed E-state index contributed by atoms with van der Waals surface area (Å²) in [6.07, 6.45) is 1.62. The zero-order chi connectivity index (χ0) is 17.3. The van der Waals surface area contributed by atoms with Crippen LogP contribution in [0.2, 0.25) is 0 Å². The second-order valence-corrected chi connectivity index (χ2v) is 7.20. The van der Waals surface area contributed by atoms with Crippen LogP contribution in [0.4, 0.5) is 0 Å². The average Bonchev–Trinajstić information content (AvgIpc) is 3.31. The molecule has 5 nitrogen and oxygen atoms in total. The van der Waals surface area contributed by atoms with Crippen molar-refractivity contribution in [2.24, 2.45) is 13.0 Å². The molecule has 2 aromatic rings. The van der Waals surface area contributed by atoms with E-state index in [-0.39, 0.29) is 11.8 Å². The Morgan fingerprint density at radius 2 is 2.12 bits per heavy atom. The Balaban J connectivity index is 1.49. The Labute approximate surface area is 147 Å². The van der Waals surface area contributed by atoms with E-state index in [4.69, 9.17) is 12.2 Å². The number of rotatable bonds is 6. The molecule has 0 spiro atoms. The lowest BCUT2D eigenvalue weighted by molar-refractivity contribution is -0.122. The van der Waals surface area contributed by atoms with Crippen LogP contribution in [0, 0.1) is 10.7 Å². The molecule has 1 heterocycles. The van der Waals surface area contributed by atoms with Gasteiger partial charge in [-0.3, -0.25) is 9.89 Å². The van der Waals surface area contributed by atoms with Crippen LogP contribution >= 0.6 is 12.2 Å². The third-order valence-corrected chi connectivity index (χ3v) is 5.14. The Morgan fingerprint density at radius 3 is 2.71 bits per heavy atom. The van der Waals surface area contributed by atoms with Gasteiger partial charge in [0, 0.05) is 25.9 Å². The summed E-state index contributed by atoms with van der Waals surface area (Å²) >= 11 is 5.08. The first-order valence-corrected chi connectivity index (χ1v) is 8.86. The van der Waals surface area contributed by atoms with Crippen LogP contribution in [0.1, 0.15) is 49.1 Å². The first kappa shape index (κ1) is 16.9. The van der Waals surface area contributed by atoms with E-state index in [1.807, 2.05) is 11.6 Å². The fourth-order valence-corrected chi connectivity index (χ4v) is 3.16. The van der Waals surface area contributed by atoms with Crippen molar-refractivity contribution >= 4 is 18.1 Å². The minimum absolute atomic E-state index is 0.109. The van der Waals surface area contributed by atoms with Crippen molar-refractivity contribution in [3.8, 4) is 0 Å². The van der Waals surface area contributed by atoms with Gasteiger partial charge in [-0.2, -0.15) is 5.10 Å². The Bertz CT molecular complexity index is 775. The molecule has 0 radical (unpaired) electrons. The molecular weight excluding hydrogens is 320 g/mol. The van der Waals surface area contributed by atoms with Gasteiger partial charge in [0.2, 0.25) is 5.91 Å². The van der Waals surface area contributed by atoms with Crippen molar-refractivity contribution in [1.29, 1.82) is 0 Å². The smallest absolute Gasteiger partial charge is 0.223 e. The van der Waals surface area contributed by atoms with Crippen LogP contribution in [-0.2, 0) is 18.3 Å². The third kappa shape index (κ3) is 3.59. The Hall–Kier alpha value is -1.95. The van der Waals surface area contributed by atoms with Crippen LogP contribution in [0.3, 0.4) is 0 Å². The zero-order valence-electron chi connectivity index (χ0n) is 14.4. The van der Waals surface area contributed by atoms with Gasteiger partial charge in [-0.05, 0) is 41.6 Å². The molecule has 2 N–H and O–H groups in total. The zero-order valence-corrected chi connectivity index (χ0v) is 15.2. The number of nitrogens with one attached hydrogen (secondary N) is 2. The summed E-state index contributed by atoms with van der Waals surface area (Å²) < 4.78 is 2.43. The molecule has 24 heavy (non-hydrogen) atoms. The molecule has 0 aliphatic heterocycles. The molecule has 1 aliphatic carbocycles. The Kier molecular flexibility index (Phi) is 4.85. The van der Waals surface area contributed by atoms with Crippen LogP contribution in [0.25, 0.3) is 0 Å². The minimum Gasteiger partial charge on any atom is -0.355 e. The van der Waals surface area contributed by atoms with Gasteiger partial charge in [0.05, 0.1) is 0 Å². The normalized spacial score (nSPS) is 19.5. The highest BCUT2D eigenvalue weighted by molar-refractivity contribution is 7.71. The van der Waals surface area contributed by atoms with E-state index in [1.54, 1.807) is 0 Å². The molecular formula is C18H24N4OS. The topological polar surface area (TPSA) is 62.7 Å². The highest BCUT2D eigenvalue weighted by Gasteiger charge is 2.43. The predicted molar refractivity (Wildman–Crippen MR) is 96.5 cm³/mol. The SMILES string of the molecule is CC(C)c1ccc(C2CC2C(=O)NCCc2n[nH]c(=S)n2C)cc1. The first-order valence-electron chi connectivity index (χ1n) is 8.45. The summed E-state index contributed by atoms with van der Waals surface area (Å²) in [7, 11) is 1.88. The lowest BCUT2D eigenvalue weighted by Crippen LogP contribution is -2.28.